The molecule has 1 heterocycles. The SMILES string of the molecule is O=C(Cc1ccc(Br)s1)NCCCl. The van der Waals surface area contributed by atoms with Gasteiger partial charge in [-0.3, -0.25) is 4.79 Å². The van der Waals surface area contributed by atoms with Gasteiger partial charge in [-0.05, 0) is 28.1 Å². The van der Waals surface area contributed by atoms with Gasteiger partial charge in [-0.2, -0.15) is 0 Å². The molecule has 1 aromatic heterocycles. The highest BCUT2D eigenvalue weighted by atomic mass is 79.9. The molecule has 1 amide bonds. The van der Waals surface area contributed by atoms with E-state index >= 15 is 0 Å². The van der Waals surface area contributed by atoms with E-state index in [-0.39, 0.29) is 5.91 Å². The average Bonchev–Trinajstić information content (AvgIpc) is 2.48. The summed E-state index contributed by atoms with van der Waals surface area (Å²) in [6.07, 6.45) is 0.438. The molecule has 0 saturated heterocycles. The first-order chi connectivity index (χ1) is 6.22. The van der Waals surface area contributed by atoms with Gasteiger partial charge >= 0.3 is 0 Å². The molecule has 0 saturated carbocycles. The van der Waals surface area contributed by atoms with Crippen LogP contribution in [0.1, 0.15) is 4.88 Å². The van der Waals surface area contributed by atoms with Crippen LogP contribution in [-0.2, 0) is 11.2 Å². The van der Waals surface area contributed by atoms with Crippen LogP contribution in [0.2, 0.25) is 0 Å². The number of amides is 1. The van der Waals surface area contributed by atoms with Gasteiger partial charge in [0.2, 0.25) is 5.91 Å². The normalized spacial score (nSPS) is 10.0. The second kappa shape index (κ2) is 5.62. The van der Waals surface area contributed by atoms with Crippen molar-refractivity contribution in [2.75, 3.05) is 12.4 Å². The molecular formula is C8H9BrClNOS. The van der Waals surface area contributed by atoms with Gasteiger partial charge in [0.25, 0.3) is 0 Å². The average molecular weight is 283 g/mol. The molecule has 0 aliphatic rings. The molecule has 1 rings (SSSR count). The van der Waals surface area contributed by atoms with Crippen molar-refractivity contribution in [3.8, 4) is 0 Å². The van der Waals surface area contributed by atoms with Gasteiger partial charge in [-0.15, -0.1) is 22.9 Å². The smallest absolute Gasteiger partial charge is 0.225 e. The highest BCUT2D eigenvalue weighted by Gasteiger charge is 2.04. The lowest BCUT2D eigenvalue weighted by Gasteiger charge is -1.99. The lowest BCUT2D eigenvalue weighted by molar-refractivity contribution is -0.120. The molecule has 0 aliphatic carbocycles. The quantitative estimate of drug-likeness (QED) is 0.844. The molecule has 0 fully saturated rings. The van der Waals surface area contributed by atoms with Crippen LogP contribution >= 0.6 is 38.9 Å². The van der Waals surface area contributed by atoms with E-state index in [1.54, 1.807) is 11.3 Å². The van der Waals surface area contributed by atoms with Crippen LogP contribution in [0.3, 0.4) is 0 Å². The molecule has 1 N–H and O–H groups in total. The second-order valence-corrected chi connectivity index (χ2v) is 5.35. The van der Waals surface area contributed by atoms with Crippen LogP contribution in [0.5, 0.6) is 0 Å². The summed E-state index contributed by atoms with van der Waals surface area (Å²) in [4.78, 5) is 12.3. The van der Waals surface area contributed by atoms with E-state index in [0.29, 0.717) is 18.8 Å². The van der Waals surface area contributed by atoms with Crippen LogP contribution in [-0.4, -0.2) is 18.3 Å². The maximum Gasteiger partial charge on any atom is 0.225 e. The van der Waals surface area contributed by atoms with Crippen LogP contribution in [0.25, 0.3) is 0 Å². The molecule has 0 bridgehead atoms. The summed E-state index contributed by atoms with van der Waals surface area (Å²) in [5.74, 6) is 0.481. The summed E-state index contributed by atoms with van der Waals surface area (Å²) in [5, 5.41) is 2.71. The first-order valence-electron chi connectivity index (χ1n) is 3.79. The fraction of sp³-hybridized carbons (Fsp3) is 0.375. The Bertz CT molecular complexity index is 289. The van der Waals surface area contributed by atoms with E-state index in [9.17, 15) is 4.79 Å². The molecule has 0 aromatic carbocycles. The molecule has 0 aliphatic heterocycles. The second-order valence-electron chi connectivity index (χ2n) is 2.42. The van der Waals surface area contributed by atoms with Crippen LogP contribution < -0.4 is 5.32 Å². The van der Waals surface area contributed by atoms with E-state index in [1.165, 1.54) is 0 Å². The number of carbonyl (C=O) groups is 1. The van der Waals surface area contributed by atoms with E-state index in [2.05, 4.69) is 21.2 Å². The lowest BCUT2D eigenvalue weighted by Crippen LogP contribution is -2.26. The van der Waals surface area contributed by atoms with E-state index in [4.69, 9.17) is 11.6 Å². The zero-order valence-electron chi connectivity index (χ0n) is 6.85. The summed E-state index contributed by atoms with van der Waals surface area (Å²) in [6.45, 7) is 0.535. The zero-order chi connectivity index (χ0) is 9.68. The highest BCUT2D eigenvalue weighted by molar-refractivity contribution is 9.11. The monoisotopic (exact) mass is 281 g/mol. The fourth-order valence-corrected chi connectivity index (χ4v) is 2.43. The summed E-state index contributed by atoms with van der Waals surface area (Å²) < 4.78 is 1.05. The molecule has 72 valence electrons. The molecular weight excluding hydrogens is 274 g/mol. The molecule has 5 heteroatoms. The van der Waals surface area contributed by atoms with Crippen molar-refractivity contribution in [2.24, 2.45) is 0 Å². The minimum atomic E-state index is 0.0231. The number of hydrogen-bond donors (Lipinski definition) is 1. The van der Waals surface area contributed by atoms with E-state index < -0.39 is 0 Å². The Hall–Kier alpha value is -0.0600. The van der Waals surface area contributed by atoms with Gasteiger partial charge < -0.3 is 5.32 Å². The van der Waals surface area contributed by atoms with Crippen molar-refractivity contribution >= 4 is 44.8 Å². The Labute approximate surface area is 94.4 Å². The van der Waals surface area contributed by atoms with Crippen molar-refractivity contribution in [2.45, 2.75) is 6.42 Å². The van der Waals surface area contributed by atoms with Crippen molar-refractivity contribution in [1.29, 1.82) is 0 Å². The number of rotatable bonds is 4. The third-order valence-electron chi connectivity index (χ3n) is 1.38. The van der Waals surface area contributed by atoms with Gasteiger partial charge in [0.15, 0.2) is 0 Å². The number of halogens is 2. The number of hydrogen-bond acceptors (Lipinski definition) is 2. The zero-order valence-corrected chi connectivity index (χ0v) is 10.0. The maximum atomic E-state index is 11.2. The van der Waals surface area contributed by atoms with Crippen molar-refractivity contribution in [3.05, 3.63) is 20.8 Å². The standard InChI is InChI=1S/C8H9BrClNOS/c9-7-2-1-6(13-7)5-8(12)11-4-3-10/h1-2H,3-5H2,(H,11,12). The number of carbonyl (C=O) groups excluding carboxylic acids is 1. The molecule has 2 nitrogen and oxygen atoms in total. The Kier molecular flexibility index (Phi) is 4.77. The van der Waals surface area contributed by atoms with E-state index in [1.807, 2.05) is 12.1 Å². The minimum Gasteiger partial charge on any atom is -0.355 e. The molecule has 0 unspecified atom stereocenters. The Balaban J connectivity index is 2.36. The van der Waals surface area contributed by atoms with Crippen molar-refractivity contribution < 1.29 is 4.79 Å². The van der Waals surface area contributed by atoms with Crippen LogP contribution in [0.4, 0.5) is 0 Å². The first-order valence-corrected chi connectivity index (χ1v) is 5.93. The molecule has 0 atom stereocenters. The van der Waals surface area contributed by atoms with Gasteiger partial charge in [0.1, 0.15) is 0 Å². The largest absolute Gasteiger partial charge is 0.355 e. The predicted octanol–water partition coefficient (Wildman–Crippen LogP) is 2.41. The number of nitrogens with one attached hydrogen (secondary N) is 1. The summed E-state index contributed by atoms with van der Waals surface area (Å²) >= 11 is 10.3. The summed E-state index contributed by atoms with van der Waals surface area (Å²) in [6, 6.07) is 3.88. The maximum absolute atomic E-state index is 11.2. The predicted molar refractivity (Wildman–Crippen MR) is 59.5 cm³/mol. The van der Waals surface area contributed by atoms with Crippen LogP contribution in [0, 0.1) is 0 Å². The Morgan fingerprint density at radius 1 is 1.62 bits per heavy atom. The van der Waals surface area contributed by atoms with Crippen LogP contribution in [0.15, 0.2) is 15.9 Å². The van der Waals surface area contributed by atoms with Gasteiger partial charge in [-0.25, -0.2) is 0 Å². The van der Waals surface area contributed by atoms with E-state index in [0.717, 1.165) is 8.66 Å². The first kappa shape index (κ1) is 11.0. The van der Waals surface area contributed by atoms with Gasteiger partial charge in [-0.1, -0.05) is 0 Å². The molecule has 0 spiro atoms. The Morgan fingerprint density at radius 3 is 2.92 bits per heavy atom. The minimum absolute atomic E-state index is 0.0231. The van der Waals surface area contributed by atoms with Gasteiger partial charge in [0, 0.05) is 17.3 Å². The topological polar surface area (TPSA) is 29.1 Å². The summed E-state index contributed by atoms with van der Waals surface area (Å²) in [5.41, 5.74) is 0. The third kappa shape index (κ3) is 4.11. The van der Waals surface area contributed by atoms with Crippen molar-refractivity contribution in [1.82, 2.24) is 5.32 Å². The number of alkyl halides is 1. The molecule has 0 radical (unpaired) electrons. The lowest BCUT2D eigenvalue weighted by atomic mass is 10.3. The third-order valence-corrected chi connectivity index (χ3v) is 3.19. The number of thiophene rings is 1. The highest BCUT2D eigenvalue weighted by Crippen LogP contribution is 2.22. The van der Waals surface area contributed by atoms with Gasteiger partial charge in [0.05, 0.1) is 10.2 Å². The van der Waals surface area contributed by atoms with Crippen molar-refractivity contribution in [3.63, 3.8) is 0 Å². The summed E-state index contributed by atoms with van der Waals surface area (Å²) in [7, 11) is 0. The fourth-order valence-electron chi connectivity index (χ4n) is 0.854. The Morgan fingerprint density at radius 2 is 2.38 bits per heavy atom. The molecule has 1 aromatic rings. The molecule has 13 heavy (non-hydrogen) atoms.